The molecule has 0 saturated carbocycles. The van der Waals surface area contributed by atoms with E-state index >= 15 is 0 Å². The van der Waals surface area contributed by atoms with Crippen LogP contribution in [0.1, 0.15) is 0 Å². The molecule has 0 spiro atoms. The molecule has 0 fully saturated rings. The van der Waals surface area contributed by atoms with Crippen LogP contribution in [0.2, 0.25) is 0 Å². The van der Waals surface area contributed by atoms with E-state index in [1.807, 2.05) is 0 Å². The monoisotopic (exact) mass is 99.0 g/mol. The van der Waals surface area contributed by atoms with Gasteiger partial charge in [-0.2, -0.15) is 0 Å². The zero-order valence-corrected chi connectivity index (χ0v) is 3.57. The Morgan fingerprint density at radius 1 is 1.00 bits per heavy atom. The molecule has 0 aromatic carbocycles. The lowest BCUT2D eigenvalue weighted by molar-refractivity contribution is 0.824. The molecule has 0 aliphatic heterocycles. The Morgan fingerprint density at radius 3 is 1.71 bits per heavy atom. The SMILES string of the molecule is O.c1cnnnc1. The van der Waals surface area contributed by atoms with Gasteiger partial charge >= 0.3 is 0 Å². The van der Waals surface area contributed by atoms with Gasteiger partial charge in [0.05, 0.1) is 12.4 Å². The van der Waals surface area contributed by atoms with Crippen LogP contribution in [0.25, 0.3) is 0 Å². The molecule has 0 aliphatic carbocycles. The van der Waals surface area contributed by atoms with Gasteiger partial charge in [-0.05, 0) is 11.3 Å². The zero-order valence-electron chi connectivity index (χ0n) is 3.57. The topological polar surface area (TPSA) is 70.2 Å². The van der Waals surface area contributed by atoms with E-state index in [1.54, 1.807) is 18.5 Å². The van der Waals surface area contributed by atoms with Crippen molar-refractivity contribution in [3.05, 3.63) is 18.5 Å². The van der Waals surface area contributed by atoms with Crippen molar-refractivity contribution >= 4 is 0 Å². The molecular formula is C3H5N3O. The molecule has 1 aromatic heterocycles. The van der Waals surface area contributed by atoms with E-state index < -0.39 is 0 Å². The van der Waals surface area contributed by atoms with Gasteiger partial charge in [0.25, 0.3) is 0 Å². The lowest BCUT2D eigenvalue weighted by Gasteiger charge is -1.68. The molecule has 4 heteroatoms. The minimum atomic E-state index is 0. The largest absolute Gasteiger partial charge is 0.412 e. The van der Waals surface area contributed by atoms with Gasteiger partial charge in [-0.3, -0.25) is 0 Å². The summed E-state index contributed by atoms with van der Waals surface area (Å²) in [6.45, 7) is 0. The second kappa shape index (κ2) is 3.17. The highest BCUT2D eigenvalue weighted by Crippen LogP contribution is 1.61. The Bertz CT molecular complexity index is 82.1. The summed E-state index contributed by atoms with van der Waals surface area (Å²) in [5, 5.41) is 10.1. The first-order valence-electron chi connectivity index (χ1n) is 1.58. The van der Waals surface area contributed by atoms with Crippen molar-refractivity contribution in [3.63, 3.8) is 0 Å². The lowest BCUT2D eigenvalue weighted by atomic mass is 10.7. The maximum Gasteiger partial charge on any atom is 0.0529 e. The fraction of sp³-hybridized carbons (Fsp3) is 0. The van der Waals surface area contributed by atoms with Gasteiger partial charge in [0, 0.05) is 0 Å². The van der Waals surface area contributed by atoms with Gasteiger partial charge < -0.3 is 5.48 Å². The molecule has 0 amide bonds. The van der Waals surface area contributed by atoms with E-state index in [1.165, 1.54) is 0 Å². The molecule has 1 rings (SSSR count). The van der Waals surface area contributed by atoms with Crippen LogP contribution in [0.5, 0.6) is 0 Å². The standard InChI is InChI=1S/C3H3N3.H2O/c1-2-4-6-5-3-1;/h1-3H;1H2. The summed E-state index contributed by atoms with van der Waals surface area (Å²) in [5.41, 5.74) is 0. The van der Waals surface area contributed by atoms with Gasteiger partial charge in [0.15, 0.2) is 0 Å². The molecular weight excluding hydrogens is 94.1 g/mol. The van der Waals surface area contributed by atoms with Crippen LogP contribution in [0.4, 0.5) is 0 Å². The van der Waals surface area contributed by atoms with Crippen LogP contribution in [-0.4, -0.2) is 20.9 Å². The second-order valence-corrected chi connectivity index (χ2v) is 0.811. The van der Waals surface area contributed by atoms with E-state index in [4.69, 9.17) is 0 Å². The van der Waals surface area contributed by atoms with Crippen LogP contribution >= 0.6 is 0 Å². The molecule has 0 aliphatic rings. The Hall–Kier alpha value is -1.03. The van der Waals surface area contributed by atoms with Crippen molar-refractivity contribution in [2.45, 2.75) is 0 Å². The molecule has 0 bridgehead atoms. The van der Waals surface area contributed by atoms with Crippen LogP contribution in [-0.2, 0) is 0 Å². The zero-order chi connectivity index (χ0) is 4.24. The first kappa shape index (κ1) is 5.97. The molecule has 2 N–H and O–H groups in total. The third kappa shape index (κ3) is 1.77. The van der Waals surface area contributed by atoms with Crippen LogP contribution < -0.4 is 0 Å². The maximum absolute atomic E-state index is 3.42. The van der Waals surface area contributed by atoms with Crippen molar-refractivity contribution in [1.82, 2.24) is 15.4 Å². The normalized spacial score (nSPS) is 6.86. The third-order valence-electron chi connectivity index (χ3n) is 0.409. The smallest absolute Gasteiger partial charge is 0.0529 e. The summed E-state index contributed by atoms with van der Waals surface area (Å²) in [6, 6.07) is 1.72. The number of rotatable bonds is 0. The van der Waals surface area contributed by atoms with Gasteiger partial charge in [-0.15, -0.1) is 10.2 Å². The quantitative estimate of drug-likeness (QED) is 0.421. The summed E-state index contributed by atoms with van der Waals surface area (Å²) in [6.07, 6.45) is 3.15. The molecule has 0 radical (unpaired) electrons. The summed E-state index contributed by atoms with van der Waals surface area (Å²) in [7, 11) is 0. The molecule has 4 nitrogen and oxygen atoms in total. The first-order valence-corrected chi connectivity index (χ1v) is 1.58. The average Bonchev–Trinajstić information content (AvgIpc) is 1.72. The van der Waals surface area contributed by atoms with E-state index in [-0.39, 0.29) is 5.48 Å². The van der Waals surface area contributed by atoms with Crippen molar-refractivity contribution in [1.29, 1.82) is 0 Å². The predicted molar refractivity (Wildman–Crippen MR) is 23.4 cm³/mol. The Labute approximate surface area is 40.5 Å². The molecule has 38 valence electrons. The number of hydrogen-bond donors (Lipinski definition) is 0. The highest BCUT2D eigenvalue weighted by atomic mass is 16.0. The summed E-state index contributed by atoms with van der Waals surface area (Å²) in [5.74, 6) is 0. The second-order valence-electron chi connectivity index (χ2n) is 0.811. The van der Waals surface area contributed by atoms with E-state index in [9.17, 15) is 0 Å². The third-order valence-corrected chi connectivity index (χ3v) is 0.409. The highest BCUT2D eigenvalue weighted by molar-refractivity contribution is 4.69. The fourth-order valence-corrected chi connectivity index (χ4v) is 0.205. The van der Waals surface area contributed by atoms with Crippen LogP contribution in [0.3, 0.4) is 0 Å². The number of aromatic nitrogens is 3. The van der Waals surface area contributed by atoms with Crippen molar-refractivity contribution in [3.8, 4) is 0 Å². The van der Waals surface area contributed by atoms with Gasteiger partial charge in [0.1, 0.15) is 0 Å². The summed E-state index contributed by atoms with van der Waals surface area (Å²) >= 11 is 0. The first-order chi connectivity index (χ1) is 3.00. The number of nitrogens with zero attached hydrogens (tertiary/aromatic N) is 3. The van der Waals surface area contributed by atoms with Crippen molar-refractivity contribution in [2.75, 3.05) is 0 Å². The minimum absolute atomic E-state index is 0. The van der Waals surface area contributed by atoms with E-state index in [2.05, 4.69) is 15.4 Å². The van der Waals surface area contributed by atoms with E-state index in [0.717, 1.165) is 0 Å². The van der Waals surface area contributed by atoms with Gasteiger partial charge in [0.2, 0.25) is 0 Å². The summed E-state index contributed by atoms with van der Waals surface area (Å²) in [4.78, 5) is 0. The Balaban J connectivity index is 0.000000360. The number of hydrogen-bond acceptors (Lipinski definition) is 3. The molecule has 7 heavy (non-hydrogen) atoms. The lowest BCUT2D eigenvalue weighted by Crippen LogP contribution is -1.78. The van der Waals surface area contributed by atoms with Crippen LogP contribution in [0, 0.1) is 0 Å². The molecule has 0 saturated heterocycles. The van der Waals surface area contributed by atoms with Crippen molar-refractivity contribution < 1.29 is 5.48 Å². The fourth-order valence-electron chi connectivity index (χ4n) is 0.205. The van der Waals surface area contributed by atoms with E-state index in [0.29, 0.717) is 0 Å². The molecule has 0 unspecified atom stereocenters. The van der Waals surface area contributed by atoms with Crippen molar-refractivity contribution in [2.24, 2.45) is 0 Å². The Kier molecular flexibility index (Phi) is 2.70. The average molecular weight is 99.1 g/mol. The minimum Gasteiger partial charge on any atom is -0.412 e. The van der Waals surface area contributed by atoms with Crippen LogP contribution in [0.15, 0.2) is 18.5 Å². The Morgan fingerprint density at radius 2 is 1.57 bits per heavy atom. The summed E-state index contributed by atoms with van der Waals surface area (Å²) < 4.78 is 0. The molecule has 1 aromatic rings. The van der Waals surface area contributed by atoms with Gasteiger partial charge in [-0.1, -0.05) is 0 Å². The maximum atomic E-state index is 3.42. The molecule has 0 atom stereocenters. The van der Waals surface area contributed by atoms with Gasteiger partial charge in [-0.25, -0.2) is 0 Å². The predicted octanol–water partition coefficient (Wildman–Crippen LogP) is -0.953. The highest BCUT2D eigenvalue weighted by Gasteiger charge is 1.60. The molecule has 1 heterocycles.